The third kappa shape index (κ3) is 6.40. The Kier molecular flexibility index (Phi) is 8.04. The molecule has 0 radical (unpaired) electrons. The van der Waals surface area contributed by atoms with Crippen molar-refractivity contribution < 1.29 is 24.5 Å². The number of aromatic carboxylic acids is 1. The van der Waals surface area contributed by atoms with E-state index in [1.54, 1.807) is 24.5 Å². The molecule has 0 aliphatic rings. The van der Waals surface area contributed by atoms with Crippen LogP contribution < -0.4 is 0 Å². The SMILES string of the molecule is CCCCc1nc(C(C)(C)O)c(C(=O)O)n1Cc1ccc(-c2ccccc2C(=O)OC(C)(C)C)cc1. The van der Waals surface area contributed by atoms with Gasteiger partial charge in [-0.2, -0.15) is 0 Å². The molecule has 7 heteroatoms. The van der Waals surface area contributed by atoms with Gasteiger partial charge in [0.05, 0.1) is 5.56 Å². The molecule has 2 N–H and O–H groups in total. The van der Waals surface area contributed by atoms with Crippen LogP contribution in [0.3, 0.4) is 0 Å². The summed E-state index contributed by atoms with van der Waals surface area (Å²) in [5.74, 6) is -0.859. The van der Waals surface area contributed by atoms with Gasteiger partial charge < -0.3 is 19.5 Å². The van der Waals surface area contributed by atoms with E-state index in [1.165, 1.54) is 0 Å². The lowest BCUT2D eigenvalue weighted by atomic mass is 9.98. The standard InChI is InChI=1S/C29H36N2O5/c1-7-8-13-23-30-25(29(5,6)35)24(26(32)33)31(23)18-19-14-16-20(17-15-19)21-11-9-10-12-22(21)27(34)36-28(2,3)4/h9-12,14-17,35H,7-8,13,18H2,1-6H3,(H,32,33). The van der Waals surface area contributed by atoms with E-state index in [-0.39, 0.29) is 17.4 Å². The molecule has 0 atom stereocenters. The van der Waals surface area contributed by atoms with Gasteiger partial charge in [-0.15, -0.1) is 0 Å². The maximum atomic E-state index is 12.8. The molecule has 192 valence electrons. The van der Waals surface area contributed by atoms with Crippen LogP contribution in [0.25, 0.3) is 11.1 Å². The van der Waals surface area contributed by atoms with Gasteiger partial charge in [-0.3, -0.25) is 0 Å². The average molecular weight is 493 g/mol. The number of hydrogen-bond acceptors (Lipinski definition) is 5. The van der Waals surface area contributed by atoms with Crippen LogP contribution in [0, 0.1) is 0 Å². The predicted octanol–water partition coefficient (Wildman–Crippen LogP) is 5.82. The molecule has 3 aromatic rings. The van der Waals surface area contributed by atoms with Crippen molar-refractivity contribution in [1.82, 2.24) is 9.55 Å². The minimum Gasteiger partial charge on any atom is -0.477 e. The topological polar surface area (TPSA) is 102 Å². The second-order valence-electron chi connectivity index (χ2n) is 10.5. The Hall–Kier alpha value is -3.45. The summed E-state index contributed by atoms with van der Waals surface area (Å²) in [5, 5.41) is 20.5. The van der Waals surface area contributed by atoms with Gasteiger partial charge in [-0.1, -0.05) is 55.8 Å². The summed E-state index contributed by atoms with van der Waals surface area (Å²) in [6, 6.07) is 15.0. The van der Waals surface area contributed by atoms with E-state index in [4.69, 9.17) is 4.74 Å². The van der Waals surface area contributed by atoms with E-state index in [0.29, 0.717) is 24.4 Å². The fraction of sp³-hybridized carbons (Fsp3) is 0.414. The quantitative estimate of drug-likeness (QED) is 0.365. The zero-order valence-electron chi connectivity index (χ0n) is 22.0. The largest absolute Gasteiger partial charge is 0.477 e. The molecule has 2 aromatic carbocycles. The number of carbonyl (C=O) groups excluding carboxylic acids is 1. The van der Waals surface area contributed by atoms with E-state index in [0.717, 1.165) is 29.5 Å². The summed E-state index contributed by atoms with van der Waals surface area (Å²) < 4.78 is 7.26. The lowest BCUT2D eigenvalue weighted by molar-refractivity contribution is 0.00701. The number of aliphatic hydroxyl groups is 1. The molecule has 0 saturated heterocycles. The van der Waals surface area contributed by atoms with E-state index < -0.39 is 17.2 Å². The number of unbranched alkanes of at least 4 members (excludes halogenated alkanes) is 1. The Balaban J connectivity index is 1.97. The average Bonchev–Trinajstić information content (AvgIpc) is 3.16. The molecular weight excluding hydrogens is 456 g/mol. The Morgan fingerprint density at radius 3 is 2.19 bits per heavy atom. The highest BCUT2D eigenvalue weighted by molar-refractivity contribution is 5.97. The number of aromatic nitrogens is 2. The van der Waals surface area contributed by atoms with Crippen molar-refractivity contribution in [1.29, 1.82) is 0 Å². The van der Waals surface area contributed by atoms with Crippen molar-refractivity contribution in [2.24, 2.45) is 0 Å². The molecule has 7 nitrogen and oxygen atoms in total. The van der Waals surface area contributed by atoms with E-state index in [2.05, 4.69) is 11.9 Å². The first-order valence-corrected chi connectivity index (χ1v) is 12.3. The summed E-state index contributed by atoms with van der Waals surface area (Å²) >= 11 is 0. The maximum absolute atomic E-state index is 12.8. The van der Waals surface area contributed by atoms with Crippen LogP contribution in [0.1, 0.15) is 92.3 Å². The fourth-order valence-electron chi connectivity index (χ4n) is 4.06. The number of rotatable bonds is 9. The lowest BCUT2D eigenvalue weighted by Crippen LogP contribution is -2.24. The normalized spacial score (nSPS) is 12.0. The number of aryl methyl sites for hydroxylation is 1. The molecule has 36 heavy (non-hydrogen) atoms. The van der Waals surface area contributed by atoms with Crippen molar-refractivity contribution >= 4 is 11.9 Å². The van der Waals surface area contributed by atoms with Crippen molar-refractivity contribution in [3.8, 4) is 11.1 Å². The number of carboxylic acid groups (broad SMARTS) is 1. The first kappa shape index (κ1) is 27.1. The minimum absolute atomic E-state index is 0.00736. The van der Waals surface area contributed by atoms with Gasteiger partial charge in [0.25, 0.3) is 0 Å². The number of nitrogens with zero attached hydrogens (tertiary/aromatic N) is 2. The molecular formula is C29H36N2O5. The summed E-state index contributed by atoms with van der Waals surface area (Å²) in [5.41, 5.74) is 1.19. The van der Waals surface area contributed by atoms with Crippen LogP contribution in [-0.4, -0.2) is 37.3 Å². The molecule has 3 rings (SSSR count). The summed E-state index contributed by atoms with van der Waals surface area (Å²) in [7, 11) is 0. The van der Waals surface area contributed by atoms with Crippen LogP contribution >= 0.6 is 0 Å². The highest BCUT2D eigenvalue weighted by atomic mass is 16.6. The summed E-state index contributed by atoms with van der Waals surface area (Å²) in [4.78, 5) is 29.5. The minimum atomic E-state index is -1.38. The van der Waals surface area contributed by atoms with Crippen molar-refractivity contribution in [2.75, 3.05) is 0 Å². The Bertz CT molecular complexity index is 1230. The van der Waals surface area contributed by atoms with Crippen molar-refractivity contribution in [3.05, 3.63) is 76.9 Å². The van der Waals surface area contributed by atoms with Gasteiger partial charge in [-0.25, -0.2) is 14.6 Å². The molecule has 1 heterocycles. The molecule has 0 amide bonds. The van der Waals surface area contributed by atoms with E-state index in [1.807, 2.05) is 63.2 Å². The molecule has 0 spiro atoms. The molecule has 0 bridgehead atoms. The first-order chi connectivity index (χ1) is 16.8. The van der Waals surface area contributed by atoms with E-state index >= 15 is 0 Å². The number of carbonyl (C=O) groups is 2. The molecule has 0 saturated carbocycles. The molecule has 1 aromatic heterocycles. The van der Waals surface area contributed by atoms with Crippen LogP contribution in [0.15, 0.2) is 48.5 Å². The van der Waals surface area contributed by atoms with Gasteiger partial charge in [0.1, 0.15) is 22.7 Å². The highest BCUT2D eigenvalue weighted by Gasteiger charge is 2.31. The molecule has 0 fully saturated rings. The van der Waals surface area contributed by atoms with E-state index in [9.17, 15) is 19.8 Å². The Morgan fingerprint density at radius 2 is 1.64 bits per heavy atom. The summed E-state index contributed by atoms with van der Waals surface area (Å²) in [6.07, 6.45) is 2.43. The predicted molar refractivity (Wildman–Crippen MR) is 139 cm³/mol. The number of carboxylic acids is 1. The smallest absolute Gasteiger partial charge is 0.354 e. The molecule has 0 aliphatic heterocycles. The van der Waals surface area contributed by atoms with Crippen molar-refractivity contribution in [2.45, 2.75) is 78.6 Å². The molecule has 0 unspecified atom stereocenters. The van der Waals surface area contributed by atoms with Gasteiger partial charge in [0.2, 0.25) is 0 Å². The molecule has 0 aliphatic carbocycles. The number of imidazole rings is 1. The lowest BCUT2D eigenvalue weighted by Gasteiger charge is -2.20. The van der Waals surface area contributed by atoms with Gasteiger partial charge in [-0.05, 0) is 63.8 Å². The number of ether oxygens (including phenoxy) is 1. The Morgan fingerprint density at radius 1 is 1.00 bits per heavy atom. The zero-order valence-corrected chi connectivity index (χ0v) is 22.0. The van der Waals surface area contributed by atoms with Gasteiger partial charge in [0.15, 0.2) is 5.69 Å². The number of esters is 1. The van der Waals surface area contributed by atoms with Gasteiger partial charge in [0, 0.05) is 13.0 Å². The van der Waals surface area contributed by atoms with Crippen LogP contribution in [0.5, 0.6) is 0 Å². The van der Waals surface area contributed by atoms with Gasteiger partial charge >= 0.3 is 11.9 Å². The third-order valence-corrected chi connectivity index (χ3v) is 5.73. The zero-order chi connectivity index (χ0) is 26.7. The number of benzene rings is 2. The third-order valence-electron chi connectivity index (χ3n) is 5.73. The van der Waals surface area contributed by atoms with Crippen LogP contribution in [0.2, 0.25) is 0 Å². The second-order valence-corrected chi connectivity index (χ2v) is 10.5. The second kappa shape index (κ2) is 10.7. The monoisotopic (exact) mass is 492 g/mol. The summed E-state index contributed by atoms with van der Waals surface area (Å²) in [6.45, 7) is 11.0. The maximum Gasteiger partial charge on any atom is 0.354 e. The Labute approximate surface area is 212 Å². The number of hydrogen-bond donors (Lipinski definition) is 2. The fourth-order valence-corrected chi connectivity index (χ4v) is 4.06. The van der Waals surface area contributed by atoms with Crippen molar-refractivity contribution in [3.63, 3.8) is 0 Å². The van der Waals surface area contributed by atoms with Crippen LogP contribution in [-0.2, 0) is 23.3 Å². The van der Waals surface area contributed by atoms with Crippen LogP contribution in [0.4, 0.5) is 0 Å². The first-order valence-electron chi connectivity index (χ1n) is 12.3. The highest BCUT2D eigenvalue weighted by Crippen LogP contribution is 2.28.